The third kappa shape index (κ3) is 2.92. The fraction of sp³-hybridized carbons (Fsp3) is 0.125. The van der Waals surface area contributed by atoms with Crippen LogP contribution in [0.1, 0.15) is 11.1 Å². The summed E-state index contributed by atoms with van der Waals surface area (Å²) < 4.78 is 14.9. The second-order valence-corrected chi connectivity index (χ2v) is 5.69. The number of amides is 1. The van der Waals surface area contributed by atoms with E-state index in [1.807, 2.05) is 12.1 Å². The molecule has 21 heavy (non-hydrogen) atoms. The molecule has 3 aromatic rings. The Hall–Kier alpha value is -2.27. The lowest BCUT2D eigenvalue weighted by atomic mass is 10.1. The number of hydrogen-bond acceptors (Lipinski definition) is 3. The van der Waals surface area contributed by atoms with E-state index in [4.69, 9.17) is 0 Å². The van der Waals surface area contributed by atoms with E-state index >= 15 is 0 Å². The van der Waals surface area contributed by atoms with Gasteiger partial charge in [-0.05, 0) is 36.2 Å². The van der Waals surface area contributed by atoms with Gasteiger partial charge in [0.2, 0.25) is 5.91 Å². The Bertz CT molecular complexity index is 813. The number of nitrogens with one attached hydrogen (secondary N) is 1. The van der Waals surface area contributed by atoms with Crippen LogP contribution in [0, 0.1) is 12.7 Å². The molecular weight excluding hydrogens is 287 g/mol. The third-order valence-corrected chi connectivity index (χ3v) is 4.03. The second-order valence-electron chi connectivity index (χ2n) is 4.81. The summed E-state index contributed by atoms with van der Waals surface area (Å²) in [5.74, 6) is -0.547. The van der Waals surface area contributed by atoms with Gasteiger partial charge in [0.25, 0.3) is 0 Å². The summed E-state index contributed by atoms with van der Waals surface area (Å²) in [4.78, 5) is 16.2. The Morgan fingerprint density at radius 2 is 2.19 bits per heavy atom. The molecule has 0 unspecified atom stereocenters. The highest BCUT2D eigenvalue weighted by Gasteiger charge is 2.10. The average molecular weight is 300 g/mol. The molecule has 0 atom stereocenters. The van der Waals surface area contributed by atoms with Gasteiger partial charge in [-0.2, -0.15) is 0 Å². The van der Waals surface area contributed by atoms with Crippen molar-refractivity contribution in [1.82, 2.24) is 4.98 Å². The van der Waals surface area contributed by atoms with Crippen molar-refractivity contribution in [2.24, 2.45) is 0 Å². The quantitative estimate of drug-likeness (QED) is 0.796. The number of rotatable bonds is 3. The maximum atomic E-state index is 13.9. The predicted octanol–water partition coefficient (Wildman–Crippen LogP) is 3.93. The highest BCUT2D eigenvalue weighted by atomic mass is 32.1. The van der Waals surface area contributed by atoms with Crippen LogP contribution in [0.3, 0.4) is 0 Å². The van der Waals surface area contributed by atoms with Gasteiger partial charge < -0.3 is 5.32 Å². The van der Waals surface area contributed by atoms with Gasteiger partial charge in [-0.1, -0.05) is 18.2 Å². The molecule has 1 amide bonds. The largest absolute Gasteiger partial charge is 0.326 e. The topological polar surface area (TPSA) is 42.0 Å². The van der Waals surface area contributed by atoms with Crippen molar-refractivity contribution in [2.45, 2.75) is 13.3 Å². The number of anilines is 1. The van der Waals surface area contributed by atoms with Crippen LogP contribution in [0.4, 0.5) is 10.1 Å². The number of fused-ring (bicyclic) bond motifs is 1. The van der Waals surface area contributed by atoms with E-state index in [0.29, 0.717) is 16.8 Å². The minimum atomic E-state index is -0.314. The maximum absolute atomic E-state index is 13.9. The van der Waals surface area contributed by atoms with Crippen LogP contribution >= 0.6 is 11.3 Å². The zero-order chi connectivity index (χ0) is 14.8. The van der Waals surface area contributed by atoms with E-state index in [9.17, 15) is 9.18 Å². The van der Waals surface area contributed by atoms with Crippen molar-refractivity contribution < 1.29 is 9.18 Å². The van der Waals surface area contributed by atoms with E-state index in [1.165, 1.54) is 11.3 Å². The summed E-state index contributed by atoms with van der Waals surface area (Å²) in [6.07, 6.45) is 0.0221. The molecule has 3 nitrogen and oxygen atoms in total. The molecule has 106 valence electrons. The van der Waals surface area contributed by atoms with E-state index < -0.39 is 0 Å². The fourth-order valence-electron chi connectivity index (χ4n) is 2.16. The van der Waals surface area contributed by atoms with Gasteiger partial charge in [-0.3, -0.25) is 4.79 Å². The SMILES string of the molecule is Cc1cccc(CC(=O)Nc2ccc3ncsc3c2)c1F. The molecule has 0 bridgehead atoms. The fourth-order valence-corrected chi connectivity index (χ4v) is 2.87. The van der Waals surface area contributed by atoms with Crippen molar-refractivity contribution in [3.05, 3.63) is 58.9 Å². The van der Waals surface area contributed by atoms with Crippen molar-refractivity contribution in [3.8, 4) is 0 Å². The minimum absolute atomic E-state index is 0.0221. The van der Waals surface area contributed by atoms with Gasteiger partial charge in [0, 0.05) is 5.69 Å². The Morgan fingerprint density at radius 1 is 1.33 bits per heavy atom. The lowest BCUT2D eigenvalue weighted by Crippen LogP contribution is -2.15. The molecule has 3 rings (SSSR count). The highest BCUT2D eigenvalue weighted by molar-refractivity contribution is 7.16. The normalized spacial score (nSPS) is 10.8. The number of nitrogens with zero attached hydrogens (tertiary/aromatic N) is 1. The zero-order valence-corrected chi connectivity index (χ0v) is 12.2. The summed E-state index contributed by atoms with van der Waals surface area (Å²) in [6, 6.07) is 10.6. The van der Waals surface area contributed by atoms with Crippen LogP contribution in [0.2, 0.25) is 0 Å². The molecule has 1 N–H and O–H groups in total. The van der Waals surface area contributed by atoms with Crippen molar-refractivity contribution in [1.29, 1.82) is 0 Å². The monoisotopic (exact) mass is 300 g/mol. The number of benzene rings is 2. The van der Waals surface area contributed by atoms with E-state index in [0.717, 1.165) is 10.2 Å². The minimum Gasteiger partial charge on any atom is -0.326 e. The number of aryl methyl sites for hydroxylation is 1. The second kappa shape index (κ2) is 5.61. The Kier molecular flexibility index (Phi) is 3.66. The van der Waals surface area contributed by atoms with Crippen LogP contribution in [-0.2, 0) is 11.2 Å². The zero-order valence-electron chi connectivity index (χ0n) is 11.4. The lowest BCUT2D eigenvalue weighted by molar-refractivity contribution is -0.115. The van der Waals surface area contributed by atoms with Gasteiger partial charge in [0.1, 0.15) is 5.82 Å². The van der Waals surface area contributed by atoms with Gasteiger partial charge >= 0.3 is 0 Å². The standard InChI is InChI=1S/C16H13FN2OS/c1-10-3-2-4-11(16(10)17)7-15(20)19-12-5-6-13-14(8-12)21-9-18-13/h2-6,8-9H,7H2,1H3,(H,19,20). The molecule has 1 aromatic heterocycles. The van der Waals surface area contributed by atoms with E-state index in [-0.39, 0.29) is 18.1 Å². The molecule has 0 saturated heterocycles. The summed E-state index contributed by atoms with van der Waals surface area (Å²) in [5, 5.41) is 2.79. The maximum Gasteiger partial charge on any atom is 0.228 e. The lowest BCUT2D eigenvalue weighted by Gasteiger charge is -2.07. The predicted molar refractivity (Wildman–Crippen MR) is 83.1 cm³/mol. The molecule has 0 fully saturated rings. The van der Waals surface area contributed by atoms with Crippen molar-refractivity contribution in [3.63, 3.8) is 0 Å². The molecule has 0 aliphatic carbocycles. The number of halogens is 1. The molecule has 0 saturated carbocycles. The van der Waals surface area contributed by atoms with Gasteiger partial charge in [-0.25, -0.2) is 9.37 Å². The number of carbonyl (C=O) groups excluding carboxylic acids is 1. The number of aromatic nitrogens is 1. The number of hydrogen-bond donors (Lipinski definition) is 1. The first-order chi connectivity index (χ1) is 10.1. The van der Waals surface area contributed by atoms with Crippen molar-refractivity contribution >= 4 is 33.1 Å². The smallest absolute Gasteiger partial charge is 0.228 e. The Labute approximate surface area is 125 Å². The first kappa shape index (κ1) is 13.7. The Morgan fingerprint density at radius 3 is 3.05 bits per heavy atom. The average Bonchev–Trinajstić information content (AvgIpc) is 2.91. The first-order valence-electron chi connectivity index (χ1n) is 6.50. The molecule has 0 spiro atoms. The molecule has 5 heteroatoms. The molecule has 0 aliphatic heterocycles. The molecule has 0 aliphatic rings. The van der Waals surface area contributed by atoms with Crippen LogP contribution in [0.5, 0.6) is 0 Å². The summed E-state index contributed by atoms with van der Waals surface area (Å²) >= 11 is 1.51. The summed E-state index contributed by atoms with van der Waals surface area (Å²) in [7, 11) is 0. The van der Waals surface area contributed by atoms with Crippen molar-refractivity contribution in [2.75, 3.05) is 5.32 Å². The third-order valence-electron chi connectivity index (χ3n) is 3.24. The van der Waals surface area contributed by atoms with Crippen LogP contribution in [-0.4, -0.2) is 10.9 Å². The molecular formula is C16H13FN2OS. The molecule has 2 aromatic carbocycles. The first-order valence-corrected chi connectivity index (χ1v) is 7.38. The number of thiazole rings is 1. The van der Waals surface area contributed by atoms with Gasteiger partial charge in [0.15, 0.2) is 0 Å². The van der Waals surface area contributed by atoms with Crippen LogP contribution in [0.25, 0.3) is 10.2 Å². The van der Waals surface area contributed by atoms with E-state index in [1.54, 1.807) is 36.7 Å². The van der Waals surface area contributed by atoms with Crippen LogP contribution < -0.4 is 5.32 Å². The van der Waals surface area contributed by atoms with Gasteiger partial charge in [0.05, 0.1) is 22.1 Å². The summed E-state index contributed by atoms with van der Waals surface area (Å²) in [6.45, 7) is 1.69. The number of carbonyl (C=O) groups is 1. The highest BCUT2D eigenvalue weighted by Crippen LogP contribution is 2.22. The molecule has 1 heterocycles. The van der Waals surface area contributed by atoms with Crippen LogP contribution in [0.15, 0.2) is 41.9 Å². The molecule has 0 radical (unpaired) electrons. The van der Waals surface area contributed by atoms with E-state index in [2.05, 4.69) is 10.3 Å². The Balaban J connectivity index is 1.75. The summed E-state index contributed by atoms with van der Waals surface area (Å²) in [5.41, 5.74) is 4.32. The van der Waals surface area contributed by atoms with Gasteiger partial charge in [-0.15, -0.1) is 11.3 Å².